The lowest BCUT2D eigenvalue weighted by Crippen LogP contribution is -2.49. The number of urea groups is 1. The molecule has 3 amide bonds. The standard InChI is InChI=1S/C24H28ClN5O3/c1-3-29(4-2)23(31)17-8-9-21-20(14-17)27-22(33-21)16-28-10-12-30(13-11-28)24(32)26-19-7-5-6-18(25)15-19/h5-9,14-15H,3-4,10-13,16H2,1-2H3,(H,26,32). The summed E-state index contributed by atoms with van der Waals surface area (Å²) >= 11 is 5.99. The van der Waals surface area contributed by atoms with Crippen LogP contribution in [0.1, 0.15) is 30.1 Å². The summed E-state index contributed by atoms with van der Waals surface area (Å²) in [4.78, 5) is 35.5. The van der Waals surface area contributed by atoms with Gasteiger partial charge in [0.2, 0.25) is 5.89 Å². The van der Waals surface area contributed by atoms with Crippen LogP contribution in [0.4, 0.5) is 10.5 Å². The number of oxazole rings is 1. The van der Waals surface area contributed by atoms with Gasteiger partial charge in [0, 0.05) is 55.5 Å². The van der Waals surface area contributed by atoms with Gasteiger partial charge in [0.1, 0.15) is 5.52 Å². The Morgan fingerprint density at radius 1 is 1.09 bits per heavy atom. The average Bonchev–Trinajstić information content (AvgIpc) is 3.21. The molecule has 0 saturated carbocycles. The number of rotatable bonds is 6. The second-order valence-corrected chi connectivity index (χ2v) is 8.41. The number of carbonyl (C=O) groups is 2. The van der Waals surface area contributed by atoms with Crippen molar-refractivity contribution in [2.24, 2.45) is 0 Å². The zero-order valence-electron chi connectivity index (χ0n) is 18.9. The first-order valence-corrected chi connectivity index (χ1v) is 11.6. The molecule has 0 atom stereocenters. The molecule has 2 aromatic carbocycles. The lowest BCUT2D eigenvalue weighted by molar-refractivity contribution is 0.0773. The van der Waals surface area contributed by atoms with Crippen molar-refractivity contribution in [1.29, 1.82) is 0 Å². The fourth-order valence-electron chi connectivity index (χ4n) is 3.94. The number of amides is 3. The van der Waals surface area contributed by atoms with E-state index in [0.29, 0.717) is 79.1 Å². The predicted molar refractivity (Wildman–Crippen MR) is 129 cm³/mol. The predicted octanol–water partition coefficient (Wildman–Crippen LogP) is 4.31. The van der Waals surface area contributed by atoms with Gasteiger partial charge in [-0.3, -0.25) is 9.69 Å². The van der Waals surface area contributed by atoms with Crippen LogP contribution in [0.15, 0.2) is 46.9 Å². The highest BCUT2D eigenvalue weighted by molar-refractivity contribution is 6.30. The smallest absolute Gasteiger partial charge is 0.321 e. The topological polar surface area (TPSA) is 81.9 Å². The maximum absolute atomic E-state index is 12.6. The molecular formula is C24H28ClN5O3. The summed E-state index contributed by atoms with van der Waals surface area (Å²) < 4.78 is 5.90. The number of nitrogens with one attached hydrogen (secondary N) is 1. The molecule has 0 spiro atoms. The number of benzene rings is 2. The van der Waals surface area contributed by atoms with Crippen molar-refractivity contribution >= 4 is 40.3 Å². The monoisotopic (exact) mass is 469 g/mol. The van der Waals surface area contributed by atoms with Gasteiger partial charge in [0.15, 0.2) is 5.58 Å². The number of aromatic nitrogens is 1. The van der Waals surface area contributed by atoms with Gasteiger partial charge in [-0.2, -0.15) is 0 Å². The summed E-state index contributed by atoms with van der Waals surface area (Å²) in [6.45, 7) is 8.47. The van der Waals surface area contributed by atoms with Gasteiger partial charge in [0.25, 0.3) is 5.91 Å². The van der Waals surface area contributed by atoms with E-state index < -0.39 is 0 Å². The highest BCUT2D eigenvalue weighted by Crippen LogP contribution is 2.20. The van der Waals surface area contributed by atoms with Crippen LogP contribution in [0.2, 0.25) is 5.02 Å². The average molecular weight is 470 g/mol. The molecule has 0 radical (unpaired) electrons. The van der Waals surface area contributed by atoms with E-state index in [9.17, 15) is 9.59 Å². The van der Waals surface area contributed by atoms with Gasteiger partial charge < -0.3 is 19.5 Å². The number of nitrogens with zero attached hydrogens (tertiary/aromatic N) is 4. The molecule has 8 nitrogen and oxygen atoms in total. The van der Waals surface area contributed by atoms with Crippen molar-refractivity contribution in [3.05, 3.63) is 58.9 Å². The normalized spacial score (nSPS) is 14.5. The minimum Gasteiger partial charge on any atom is -0.439 e. The van der Waals surface area contributed by atoms with Crippen LogP contribution in [-0.4, -0.2) is 70.9 Å². The Hall–Kier alpha value is -3.10. The third-order valence-corrected chi connectivity index (χ3v) is 6.06. The van der Waals surface area contributed by atoms with Gasteiger partial charge >= 0.3 is 6.03 Å². The van der Waals surface area contributed by atoms with Crippen LogP contribution >= 0.6 is 11.6 Å². The third-order valence-electron chi connectivity index (χ3n) is 5.82. The van der Waals surface area contributed by atoms with E-state index in [1.54, 1.807) is 46.2 Å². The van der Waals surface area contributed by atoms with Crippen molar-refractivity contribution in [3.8, 4) is 0 Å². The van der Waals surface area contributed by atoms with Gasteiger partial charge in [-0.05, 0) is 50.2 Å². The first kappa shape index (κ1) is 23.1. The largest absolute Gasteiger partial charge is 0.439 e. The molecule has 1 aromatic heterocycles. The van der Waals surface area contributed by atoms with Crippen LogP contribution in [0.5, 0.6) is 0 Å². The summed E-state index contributed by atoms with van der Waals surface area (Å²) in [6, 6.07) is 12.4. The number of halogens is 1. The van der Waals surface area contributed by atoms with E-state index in [4.69, 9.17) is 16.0 Å². The summed E-state index contributed by atoms with van der Waals surface area (Å²) in [7, 11) is 0. The van der Waals surface area contributed by atoms with E-state index >= 15 is 0 Å². The second kappa shape index (κ2) is 10.2. The highest BCUT2D eigenvalue weighted by atomic mass is 35.5. The molecule has 4 rings (SSSR count). The molecule has 0 bridgehead atoms. The Morgan fingerprint density at radius 3 is 2.55 bits per heavy atom. The molecule has 1 fully saturated rings. The number of hydrogen-bond donors (Lipinski definition) is 1. The molecule has 1 aliphatic rings. The molecule has 3 aromatic rings. The number of anilines is 1. The maximum Gasteiger partial charge on any atom is 0.321 e. The SMILES string of the molecule is CCN(CC)C(=O)c1ccc2oc(CN3CCN(C(=O)Nc4cccc(Cl)c4)CC3)nc2c1. The molecule has 174 valence electrons. The van der Waals surface area contributed by atoms with Crippen molar-refractivity contribution in [2.45, 2.75) is 20.4 Å². The van der Waals surface area contributed by atoms with E-state index in [1.165, 1.54) is 0 Å². The van der Waals surface area contributed by atoms with Crippen LogP contribution in [-0.2, 0) is 6.54 Å². The summed E-state index contributed by atoms with van der Waals surface area (Å²) in [5, 5.41) is 3.47. The van der Waals surface area contributed by atoms with Crippen molar-refractivity contribution in [3.63, 3.8) is 0 Å². The first-order valence-electron chi connectivity index (χ1n) is 11.2. The van der Waals surface area contributed by atoms with E-state index in [2.05, 4.69) is 15.2 Å². The first-order chi connectivity index (χ1) is 16.0. The third kappa shape index (κ3) is 5.46. The van der Waals surface area contributed by atoms with Crippen LogP contribution in [0.25, 0.3) is 11.1 Å². The zero-order chi connectivity index (χ0) is 23.4. The van der Waals surface area contributed by atoms with Gasteiger partial charge in [-0.25, -0.2) is 9.78 Å². The molecule has 1 N–H and O–H groups in total. The number of fused-ring (bicyclic) bond motifs is 1. The summed E-state index contributed by atoms with van der Waals surface area (Å²) in [6.07, 6.45) is 0. The lowest BCUT2D eigenvalue weighted by atomic mass is 10.2. The number of carbonyl (C=O) groups excluding carboxylic acids is 2. The lowest BCUT2D eigenvalue weighted by Gasteiger charge is -2.34. The second-order valence-electron chi connectivity index (χ2n) is 7.97. The molecule has 9 heteroatoms. The van der Waals surface area contributed by atoms with Crippen LogP contribution < -0.4 is 5.32 Å². The minimum atomic E-state index is -0.135. The molecule has 33 heavy (non-hydrogen) atoms. The van der Waals surface area contributed by atoms with Crippen molar-refractivity contribution in [1.82, 2.24) is 19.7 Å². The van der Waals surface area contributed by atoms with Crippen LogP contribution in [0.3, 0.4) is 0 Å². The quantitative estimate of drug-likeness (QED) is 0.581. The summed E-state index contributed by atoms with van der Waals surface area (Å²) in [5.74, 6) is 0.605. The minimum absolute atomic E-state index is 0.00128. The molecule has 1 saturated heterocycles. The molecule has 2 heterocycles. The van der Waals surface area contributed by atoms with Crippen molar-refractivity contribution < 1.29 is 14.0 Å². The molecular weight excluding hydrogens is 442 g/mol. The Morgan fingerprint density at radius 2 is 1.85 bits per heavy atom. The summed E-state index contributed by atoms with van der Waals surface area (Å²) in [5.41, 5.74) is 2.65. The van der Waals surface area contributed by atoms with Gasteiger partial charge in [0.05, 0.1) is 6.54 Å². The van der Waals surface area contributed by atoms with Gasteiger partial charge in [-0.15, -0.1) is 0 Å². The molecule has 0 unspecified atom stereocenters. The van der Waals surface area contributed by atoms with E-state index in [1.807, 2.05) is 19.9 Å². The van der Waals surface area contributed by atoms with E-state index in [0.717, 1.165) is 0 Å². The number of hydrogen-bond acceptors (Lipinski definition) is 5. The Labute approximate surface area is 198 Å². The molecule has 0 aliphatic carbocycles. The highest BCUT2D eigenvalue weighted by Gasteiger charge is 2.23. The fraction of sp³-hybridized carbons (Fsp3) is 0.375. The Bertz CT molecular complexity index is 1140. The number of piperazine rings is 1. The Kier molecular flexibility index (Phi) is 7.15. The van der Waals surface area contributed by atoms with Crippen LogP contribution in [0, 0.1) is 0 Å². The fourth-order valence-corrected chi connectivity index (χ4v) is 4.13. The van der Waals surface area contributed by atoms with Crippen molar-refractivity contribution in [2.75, 3.05) is 44.6 Å². The molecule has 1 aliphatic heterocycles. The van der Waals surface area contributed by atoms with E-state index in [-0.39, 0.29) is 11.9 Å². The zero-order valence-corrected chi connectivity index (χ0v) is 19.6. The van der Waals surface area contributed by atoms with Gasteiger partial charge in [-0.1, -0.05) is 17.7 Å². The Balaban J connectivity index is 1.34. The maximum atomic E-state index is 12.6.